The van der Waals surface area contributed by atoms with E-state index in [-0.39, 0.29) is 30.6 Å². The molecule has 0 amide bonds. The van der Waals surface area contributed by atoms with Gasteiger partial charge in [-0.05, 0) is 24.8 Å². The van der Waals surface area contributed by atoms with Crippen molar-refractivity contribution in [1.82, 2.24) is 0 Å². The molecule has 3 aliphatic carbocycles. The van der Waals surface area contributed by atoms with Gasteiger partial charge in [0, 0.05) is 41.8 Å². The molecule has 1 N–H and O–H groups in total. The zero-order valence-corrected chi connectivity index (χ0v) is 25.8. The Hall–Kier alpha value is -2.47. The molecule has 4 aliphatic heterocycles. The lowest BCUT2D eigenvalue weighted by atomic mass is 9.34. The number of aliphatic hydroxyl groups is 1. The number of methoxy groups -OCH3 is 2. The van der Waals surface area contributed by atoms with Crippen LogP contribution in [0.1, 0.15) is 72.0 Å². The van der Waals surface area contributed by atoms with Gasteiger partial charge in [-0.3, -0.25) is 14.4 Å². The van der Waals surface area contributed by atoms with Crippen molar-refractivity contribution in [2.24, 2.45) is 45.8 Å². The Labute approximate surface area is 250 Å². The van der Waals surface area contributed by atoms with Crippen LogP contribution in [0.2, 0.25) is 0 Å². The summed E-state index contributed by atoms with van der Waals surface area (Å²) in [5.74, 6) is -5.39. The van der Waals surface area contributed by atoms with E-state index < -0.39 is 81.9 Å². The highest BCUT2D eigenvalue weighted by Crippen LogP contribution is 2.83. The van der Waals surface area contributed by atoms with E-state index in [9.17, 15) is 19.5 Å². The first-order valence-corrected chi connectivity index (χ1v) is 15.3. The molecule has 7 fully saturated rings. The lowest BCUT2D eigenvalue weighted by Gasteiger charge is -2.75. The van der Waals surface area contributed by atoms with Gasteiger partial charge in [0.05, 0.1) is 49.4 Å². The summed E-state index contributed by atoms with van der Waals surface area (Å²) in [6.45, 7) is 9.54. The van der Waals surface area contributed by atoms with Crippen LogP contribution in [0.15, 0.2) is 23.0 Å². The molecule has 0 aromatic carbocycles. The highest BCUT2D eigenvalue weighted by atomic mass is 16.8. The van der Waals surface area contributed by atoms with Crippen molar-refractivity contribution in [3.05, 3.63) is 24.2 Å². The zero-order valence-electron chi connectivity index (χ0n) is 25.8. The number of epoxide rings is 1. The Bertz CT molecular complexity index is 1340. The molecule has 11 nitrogen and oxygen atoms in total. The van der Waals surface area contributed by atoms with Crippen molar-refractivity contribution in [3.63, 3.8) is 0 Å². The van der Waals surface area contributed by atoms with Gasteiger partial charge in [0.2, 0.25) is 0 Å². The number of esters is 3. The van der Waals surface area contributed by atoms with Gasteiger partial charge >= 0.3 is 17.9 Å². The van der Waals surface area contributed by atoms with Crippen LogP contribution in [-0.4, -0.2) is 67.1 Å². The molecule has 3 saturated carbocycles. The maximum absolute atomic E-state index is 13.3. The van der Waals surface area contributed by atoms with E-state index in [1.807, 2.05) is 19.9 Å². The second kappa shape index (κ2) is 9.05. The van der Waals surface area contributed by atoms with Crippen LogP contribution in [0.5, 0.6) is 0 Å². The summed E-state index contributed by atoms with van der Waals surface area (Å²) in [6.07, 6.45) is 1.66. The minimum absolute atomic E-state index is 0.0453. The number of furan rings is 1. The van der Waals surface area contributed by atoms with Gasteiger partial charge in [-0.25, -0.2) is 0 Å². The topological polar surface area (TPSA) is 143 Å². The van der Waals surface area contributed by atoms with Gasteiger partial charge in [0.1, 0.15) is 17.8 Å². The third kappa shape index (κ3) is 3.32. The van der Waals surface area contributed by atoms with Crippen LogP contribution in [-0.2, 0) is 42.8 Å². The predicted octanol–water partition coefficient (Wildman–Crippen LogP) is 3.53. The van der Waals surface area contributed by atoms with E-state index in [4.69, 9.17) is 32.8 Å². The van der Waals surface area contributed by atoms with E-state index in [0.29, 0.717) is 12.8 Å². The first-order valence-electron chi connectivity index (χ1n) is 15.3. The molecule has 4 saturated heterocycles. The molecular formula is C32H42O11. The number of ether oxygens (including phenoxy) is 6. The Morgan fingerprint density at radius 3 is 2.51 bits per heavy atom. The second-order valence-corrected chi connectivity index (χ2v) is 14.6. The third-order valence-electron chi connectivity index (χ3n) is 12.6. The average Bonchev–Trinajstić information content (AvgIpc) is 3.41. The number of hydrogen-bond acceptors (Lipinski definition) is 11. The van der Waals surface area contributed by atoms with E-state index in [2.05, 4.69) is 6.92 Å². The lowest BCUT2D eigenvalue weighted by Crippen LogP contribution is -2.85. The Morgan fingerprint density at radius 1 is 1.14 bits per heavy atom. The fraction of sp³-hybridized carbons (Fsp3) is 0.781. The van der Waals surface area contributed by atoms with Crippen LogP contribution in [0, 0.1) is 45.8 Å². The molecule has 1 spiro atoms. The SMILES string of the molecule is COC(=O)CC1C2(C)C(OC)OC3(O)C(C2OC(=O)C(C)C)C2OC24C2CC(=O)OC(c5ccoc5)C2(C)CCC4C13C. The molecule has 13 atom stereocenters. The first kappa shape index (κ1) is 29.3. The molecule has 13 unspecified atom stereocenters. The normalized spacial score (nSPS) is 50.7. The summed E-state index contributed by atoms with van der Waals surface area (Å²) in [7, 11) is 2.83. The number of carbonyl (C=O) groups is 3. The first-order chi connectivity index (χ1) is 20.2. The van der Waals surface area contributed by atoms with Gasteiger partial charge in [0.15, 0.2) is 12.1 Å². The summed E-state index contributed by atoms with van der Waals surface area (Å²) in [6, 6.07) is 1.83. The van der Waals surface area contributed by atoms with Crippen molar-refractivity contribution >= 4 is 17.9 Å². The molecule has 8 rings (SSSR count). The molecule has 1 aromatic heterocycles. The molecule has 4 bridgehead atoms. The van der Waals surface area contributed by atoms with Crippen molar-refractivity contribution in [2.45, 2.75) is 96.3 Å². The van der Waals surface area contributed by atoms with Crippen molar-refractivity contribution in [3.8, 4) is 0 Å². The molecule has 1 aromatic rings. The minimum Gasteiger partial charge on any atom is -0.472 e. The molecule has 7 aliphatic rings. The van der Waals surface area contributed by atoms with Crippen LogP contribution in [0.4, 0.5) is 0 Å². The summed E-state index contributed by atoms with van der Waals surface area (Å²) >= 11 is 0. The van der Waals surface area contributed by atoms with Crippen LogP contribution >= 0.6 is 0 Å². The van der Waals surface area contributed by atoms with Gasteiger partial charge in [-0.1, -0.05) is 34.6 Å². The highest BCUT2D eigenvalue weighted by molar-refractivity contribution is 5.73. The average molecular weight is 603 g/mol. The van der Waals surface area contributed by atoms with Crippen molar-refractivity contribution in [1.29, 1.82) is 0 Å². The Morgan fingerprint density at radius 2 is 1.88 bits per heavy atom. The number of cyclic esters (lactones) is 1. The molecule has 5 heterocycles. The summed E-state index contributed by atoms with van der Waals surface area (Å²) in [4.78, 5) is 39.6. The van der Waals surface area contributed by atoms with E-state index >= 15 is 0 Å². The Kier molecular flexibility index (Phi) is 6.16. The minimum atomic E-state index is -1.85. The second-order valence-electron chi connectivity index (χ2n) is 14.6. The van der Waals surface area contributed by atoms with Gasteiger partial charge in [-0.2, -0.15) is 0 Å². The number of hydrogen-bond donors (Lipinski definition) is 1. The largest absolute Gasteiger partial charge is 0.472 e. The van der Waals surface area contributed by atoms with E-state index in [0.717, 1.165) is 5.56 Å². The molecule has 0 radical (unpaired) electrons. The fourth-order valence-corrected chi connectivity index (χ4v) is 10.7. The summed E-state index contributed by atoms with van der Waals surface area (Å²) in [5, 5.41) is 12.9. The maximum Gasteiger partial charge on any atom is 0.308 e. The fourth-order valence-electron chi connectivity index (χ4n) is 10.7. The van der Waals surface area contributed by atoms with Gasteiger partial charge in [-0.15, -0.1) is 0 Å². The van der Waals surface area contributed by atoms with Gasteiger partial charge < -0.3 is 37.9 Å². The zero-order chi connectivity index (χ0) is 30.9. The van der Waals surface area contributed by atoms with Crippen LogP contribution in [0.3, 0.4) is 0 Å². The predicted molar refractivity (Wildman–Crippen MR) is 145 cm³/mol. The number of carbonyl (C=O) groups excluding carboxylic acids is 3. The summed E-state index contributed by atoms with van der Waals surface area (Å²) < 4.78 is 42.1. The molecule has 11 heteroatoms. The van der Waals surface area contributed by atoms with Gasteiger partial charge in [0.25, 0.3) is 0 Å². The highest BCUT2D eigenvalue weighted by Gasteiger charge is 2.93. The monoisotopic (exact) mass is 602 g/mol. The van der Waals surface area contributed by atoms with Crippen molar-refractivity contribution in [2.75, 3.05) is 14.2 Å². The molecular weight excluding hydrogens is 560 g/mol. The number of rotatable bonds is 6. The Balaban J connectivity index is 1.41. The van der Waals surface area contributed by atoms with Crippen molar-refractivity contribution < 1.29 is 52.3 Å². The summed E-state index contributed by atoms with van der Waals surface area (Å²) in [5.41, 5.74) is -2.60. The van der Waals surface area contributed by atoms with Crippen LogP contribution in [0.25, 0.3) is 0 Å². The van der Waals surface area contributed by atoms with Crippen LogP contribution < -0.4 is 0 Å². The standard InChI is InChI=1S/C32H42O11/c1-15(2)26(35)41-24-22-25-31(42-25)17(8-10-28(3)18(31)12-21(34)40-23(28)16-9-11-39-14-16)30(5)19(13-20(33)37-6)29(24,4)27(38-7)43-32(22,30)36/h9,11,14-15,17-19,22-25,27,36H,8,10,12-13H2,1-7H3. The quantitative estimate of drug-likeness (QED) is 0.290. The van der Waals surface area contributed by atoms with E-state index in [1.165, 1.54) is 14.2 Å². The third-order valence-corrected chi connectivity index (χ3v) is 12.6. The van der Waals surface area contributed by atoms with E-state index in [1.54, 1.807) is 26.4 Å². The lowest BCUT2D eigenvalue weighted by molar-refractivity contribution is -0.497. The maximum atomic E-state index is 13.3. The smallest absolute Gasteiger partial charge is 0.308 e. The molecule has 236 valence electrons. The molecule has 43 heavy (non-hydrogen) atoms. The number of fused-ring (bicyclic) bond motifs is 2.